The van der Waals surface area contributed by atoms with E-state index in [9.17, 15) is 9.59 Å². The second-order valence-electron chi connectivity index (χ2n) is 3.45. The minimum Gasteiger partial charge on any atom is -0.481 e. The fourth-order valence-electron chi connectivity index (χ4n) is 1.04. The Bertz CT molecular complexity index is 209. The van der Waals surface area contributed by atoms with Crippen LogP contribution in [0.25, 0.3) is 0 Å². The molecule has 1 amide bonds. The molecule has 2 N–H and O–H groups in total. The molecule has 0 rings (SSSR count). The molecule has 1 atom stereocenters. The van der Waals surface area contributed by atoms with Crippen molar-refractivity contribution >= 4 is 23.6 Å². The highest BCUT2D eigenvalue weighted by atomic mass is 32.2. The average molecular weight is 233 g/mol. The molecule has 0 saturated carbocycles. The molecular formula is C10H19NO3S. The first-order valence-corrected chi connectivity index (χ1v) is 6.30. The molecule has 0 heterocycles. The van der Waals surface area contributed by atoms with Crippen LogP contribution in [0.5, 0.6) is 0 Å². The van der Waals surface area contributed by atoms with Gasteiger partial charge in [-0.3, -0.25) is 9.59 Å². The van der Waals surface area contributed by atoms with Crippen LogP contribution < -0.4 is 5.32 Å². The van der Waals surface area contributed by atoms with E-state index >= 15 is 0 Å². The van der Waals surface area contributed by atoms with Crippen LogP contribution in [0, 0.1) is 0 Å². The second-order valence-corrected chi connectivity index (χ2v) is 4.56. The lowest BCUT2D eigenvalue weighted by Crippen LogP contribution is -2.34. The van der Waals surface area contributed by atoms with Crippen LogP contribution in [0.3, 0.4) is 0 Å². The molecule has 0 saturated heterocycles. The Morgan fingerprint density at radius 3 is 2.67 bits per heavy atom. The third-order valence-electron chi connectivity index (χ3n) is 1.78. The minimum absolute atomic E-state index is 0.00802. The Labute approximate surface area is 94.8 Å². The van der Waals surface area contributed by atoms with Gasteiger partial charge in [0.15, 0.2) is 0 Å². The van der Waals surface area contributed by atoms with Gasteiger partial charge in [-0.1, -0.05) is 6.92 Å². The van der Waals surface area contributed by atoms with Gasteiger partial charge < -0.3 is 10.4 Å². The van der Waals surface area contributed by atoms with Crippen molar-refractivity contribution in [2.75, 3.05) is 11.5 Å². The first-order chi connectivity index (χ1) is 7.06. The highest BCUT2D eigenvalue weighted by Gasteiger charge is 2.08. The summed E-state index contributed by atoms with van der Waals surface area (Å²) < 4.78 is 0. The normalized spacial score (nSPS) is 12.1. The summed E-state index contributed by atoms with van der Waals surface area (Å²) in [7, 11) is 0. The van der Waals surface area contributed by atoms with Crippen LogP contribution in [-0.4, -0.2) is 34.5 Å². The van der Waals surface area contributed by atoms with Crippen molar-refractivity contribution < 1.29 is 14.7 Å². The van der Waals surface area contributed by atoms with Gasteiger partial charge in [-0.15, -0.1) is 0 Å². The summed E-state index contributed by atoms with van der Waals surface area (Å²) in [5.41, 5.74) is 0. The summed E-state index contributed by atoms with van der Waals surface area (Å²) in [6.07, 6.45) is 1.65. The van der Waals surface area contributed by atoms with Gasteiger partial charge in [0.1, 0.15) is 0 Å². The van der Waals surface area contributed by atoms with Gasteiger partial charge in [-0.25, -0.2) is 0 Å². The fourth-order valence-corrected chi connectivity index (χ4v) is 1.74. The van der Waals surface area contributed by atoms with Gasteiger partial charge in [0.05, 0.1) is 5.75 Å². The van der Waals surface area contributed by atoms with Gasteiger partial charge in [0.25, 0.3) is 0 Å². The highest BCUT2D eigenvalue weighted by molar-refractivity contribution is 7.99. The van der Waals surface area contributed by atoms with Gasteiger partial charge in [0, 0.05) is 12.5 Å². The lowest BCUT2D eigenvalue weighted by molar-refractivity contribution is -0.137. The summed E-state index contributed by atoms with van der Waals surface area (Å²) in [6.45, 7) is 3.89. The lowest BCUT2D eigenvalue weighted by Gasteiger charge is -2.12. The van der Waals surface area contributed by atoms with Gasteiger partial charge in [0.2, 0.25) is 5.91 Å². The molecule has 0 fully saturated rings. The quantitative estimate of drug-likeness (QED) is 0.623. The zero-order valence-electron chi connectivity index (χ0n) is 9.28. The molecule has 0 aliphatic rings. The number of thioether (sulfide) groups is 1. The topological polar surface area (TPSA) is 66.4 Å². The summed E-state index contributed by atoms with van der Waals surface area (Å²) in [5.74, 6) is 0.616. The summed E-state index contributed by atoms with van der Waals surface area (Å²) in [6, 6.07) is -0.0594. The number of carbonyl (C=O) groups is 2. The van der Waals surface area contributed by atoms with Crippen molar-refractivity contribution in [3.63, 3.8) is 0 Å². The predicted octanol–water partition coefficient (Wildman–Crippen LogP) is 1.50. The number of hydrogen-bond donors (Lipinski definition) is 2. The molecule has 0 aliphatic carbocycles. The molecule has 15 heavy (non-hydrogen) atoms. The molecule has 0 radical (unpaired) electrons. The van der Waals surface area contributed by atoms with E-state index in [2.05, 4.69) is 12.2 Å². The number of rotatable bonds is 8. The van der Waals surface area contributed by atoms with E-state index in [0.29, 0.717) is 12.2 Å². The van der Waals surface area contributed by atoms with E-state index in [0.717, 1.165) is 12.2 Å². The number of carboxylic acids is 1. The molecule has 0 spiro atoms. The van der Waals surface area contributed by atoms with Crippen LogP contribution in [0.1, 0.15) is 33.1 Å². The number of carboxylic acid groups (broad SMARTS) is 1. The van der Waals surface area contributed by atoms with Crippen molar-refractivity contribution in [2.45, 2.75) is 39.2 Å². The smallest absolute Gasteiger partial charge is 0.303 e. The third-order valence-corrected chi connectivity index (χ3v) is 2.94. The van der Waals surface area contributed by atoms with E-state index in [1.54, 1.807) is 11.8 Å². The van der Waals surface area contributed by atoms with E-state index in [1.165, 1.54) is 0 Å². The van der Waals surface area contributed by atoms with Crippen LogP contribution >= 0.6 is 11.8 Å². The molecule has 0 aromatic heterocycles. The first kappa shape index (κ1) is 14.3. The zero-order chi connectivity index (χ0) is 11.7. The van der Waals surface area contributed by atoms with Crippen molar-refractivity contribution in [3.05, 3.63) is 0 Å². The van der Waals surface area contributed by atoms with Crippen LogP contribution in [0.4, 0.5) is 0 Å². The number of aliphatic carboxylic acids is 1. The molecule has 0 bridgehead atoms. The molecule has 0 aromatic carbocycles. The Hall–Kier alpha value is -0.710. The van der Waals surface area contributed by atoms with E-state index in [4.69, 9.17) is 5.11 Å². The van der Waals surface area contributed by atoms with Crippen LogP contribution in [0.15, 0.2) is 0 Å². The molecule has 4 nitrogen and oxygen atoms in total. The van der Waals surface area contributed by atoms with Gasteiger partial charge >= 0.3 is 5.97 Å². The molecule has 1 unspecified atom stereocenters. The summed E-state index contributed by atoms with van der Waals surface area (Å²) >= 11 is 1.60. The van der Waals surface area contributed by atoms with Crippen LogP contribution in [-0.2, 0) is 9.59 Å². The monoisotopic (exact) mass is 233 g/mol. The minimum atomic E-state index is -0.823. The first-order valence-electron chi connectivity index (χ1n) is 5.15. The van der Waals surface area contributed by atoms with E-state index in [-0.39, 0.29) is 18.4 Å². The fraction of sp³-hybridized carbons (Fsp3) is 0.800. The molecule has 5 heteroatoms. The van der Waals surface area contributed by atoms with Gasteiger partial charge in [-0.2, -0.15) is 11.8 Å². The highest BCUT2D eigenvalue weighted by Crippen LogP contribution is 2.02. The standard InChI is InChI=1S/C10H19NO3S/c1-3-6-15-7-9(12)11-8(2)4-5-10(13)14/h8H,3-7H2,1-2H3,(H,11,12)(H,13,14). The molecule has 0 aromatic rings. The van der Waals surface area contributed by atoms with Crippen molar-refractivity contribution in [2.24, 2.45) is 0 Å². The number of carbonyl (C=O) groups excluding carboxylic acids is 1. The largest absolute Gasteiger partial charge is 0.481 e. The van der Waals surface area contributed by atoms with Crippen molar-refractivity contribution in [1.82, 2.24) is 5.32 Å². The predicted molar refractivity (Wildman–Crippen MR) is 62.1 cm³/mol. The molecule has 88 valence electrons. The Morgan fingerprint density at radius 2 is 2.13 bits per heavy atom. The Morgan fingerprint density at radius 1 is 1.47 bits per heavy atom. The maximum absolute atomic E-state index is 11.3. The zero-order valence-corrected chi connectivity index (χ0v) is 10.1. The van der Waals surface area contributed by atoms with Crippen LogP contribution in [0.2, 0.25) is 0 Å². The van der Waals surface area contributed by atoms with Gasteiger partial charge in [-0.05, 0) is 25.5 Å². The van der Waals surface area contributed by atoms with Crippen molar-refractivity contribution in [1.29, 1.82) is 0 Å². The van der Waals surface area contributed by atoms with Crippen molar-refractivity contribution in [3.8, 4) is 0 Å². The number of nitrogens with one attached hydrogen (secondary N) is 1. The lowest BCUT2D eigenvalue weighted by atomic mass is 10.2. The Balaban J connectivity index is 3.53. The maximum Gasteiger partial charge on any atom is 0.303 e. The van der Waals surface area contributed by atoms with E-state index in [1.807, 2.05) is 6.92 Å². The number of hydrogen-bond acceptors (Lipinski definition) is 3. The maximum atomic E-state index is 11.3. The second kappa shape index (κ2) is 8.59. The SMILES string of the molecule is CCCSCC(=O)NC(C)CCC(=O)O. The summed E-state index contributed by atoms with van der Waals surface area (Å²) in [4.78, 5) is 21.6. The number of amides is 1. The third kappa shape index (κ3) is 9.59. The average Bonchev–Trinajstić information content (AvgIpc) is 2.15. The molecular weight excluding hydrogens is 214 g/mol. The van der Waals surface area contributed by atoms with E-state index < -0.39 is 5.97 Å². The summed E-state index contributed by atoms with van der Waals surface area (Å²) in [5, 5.41) is 11.2. The Kier molecular flexibility index (Phi) is 8.18. The molecule has 0 aliphatic heterocycles.